The molecular formula is C14H24N2O. The Kier molecular flexibility index (Phi) is 3.87. The van der Waals surface area contributed by atoms with Crippen LogP contribution in [-0.4, -0.2) is 11.5 Å². The van der Waals surface area contributed by atoms with Crippen molar-refractivity contribution in [3.63, 3.8) is 0 Å². The van der Waals surface area contributed by atoms with Crippen molar-refractivity contribution < 1.29 is 4.42 Å². The first-order valence-corrected chi connectivity index (χ1v) is 6.78. The van der Waals surface area contributed by atoms with Crippen molar-refractivity contribution in [2.45, 2.75) is 58.3 Å². The smallest absolute Gasteiger partial charge is 0.194 e. The number of rotatable bonds is 4. The molecular weight excluding hydrogens is 212 g/mol. The molecule has 0 amide bonds. The Morgan fingerprint density at radius 1 is 1.47 bits per heavy atom. The number of hydrogen-bond donors (Lipinski definition) is 1. The van der Waals surface area contributed by atoms with Crippen LogP contribution in [0.4, 0.5) is 0 Å². The highest BCUT2D eigenvalue weighted by molar-refractivity contribution is 5.08. The largest absolute Gasteiger partial charge is 0.445 e. The topological polar surface area (TPSA) is 52.0 Å². The minimum absolute atomic E-state index is 0.350. The molecule has 2 N–H and O–H groups in total. The standard InChI is InChI=1S/C14H24N2O/c1-14(2)8-4-3-6-11(14)12-10-16-13(17-12)7-5-9-15/h10-11H,3-9,15H2,1-2H3. The maximum Gasteiger partial charge on any atom is 0.194 e. The van der Waals surface area contributed by atoms with Crippen LogP contribution in [0, 0.1) is 5.41 Å². The van der Waals surface area contributed by atoms with Crippen LogP contribution in [0.1, 0.15) is 63.5 Å². The average Bonchev–Trinajstić information content (AvgIpc) is 2.74. The second-order valence-electron chi connectivity index (χ2n) is 5.84. The normalized spacial score (nSPS) is 23.8. The molecule has 3 heteroatoms. The fraction of sp³-hybridized carbons (Fsp3) is 0.786. The molecule has 1 aliphatic rings. The number of aromatic nitrogens is 1. The lowest BCUT2D eigenvalue weighted by Gasteiger charge is -2.37. The molecule has 0 radical (unpaired) electrons. The summed E-state index contributed by atoms with van der Waals surface area (Å²) in [6.07, 6.45) is 8.93. The van der Waals surface area contributed by atoms with Gasteiger partial charge in [0.2, 0.25) is 0 Å². The van der Waals surface area contributed by atoms with Gasteiger partial charge in [0.25, 0.3) is 0 Å². The Hall–Kier alpha value is -0.830. The molecule has 2 rings (SSSR count). The zero-order chi connectivity index (χ0) is 12.3. The van der Waals surface area contributed by atoms with Gasteiger partial charge in [0.1, 0.15) is 5.76 Å². The van der Waals surface area contributed by atoms with E-state index in [4.69, 9.17) is 10.2 Å². The van der Waals surface area contributed by atoms with Crippen molar-refractivity contribution in [1.29, 1.82) is 0 Å². The minimum atomic E-state index is 0.350. The summed E-state index contributed by atoms with van der Waals surface area (Å²) in [7, 11) is 0. The minimum Gasteiger partial charge on any atom is -0.445 e. The fourth-order valence-electron chi connectivity index (χ4n) is 2.88. The van der Waals surface area contributed by atoms with E-state index in [0.29, 0.717) is 17.9 Å². The highest BCUT2D eigenvalue weighted by Gasteiger charge is 2.35. The predicted molar refractivity (Wildman–Crippen MR) is 68.9 cm³/mol. The van der Waals surface area contributed by atoms with E-state index in [-0.39, 0.29) is 0 Å². The first-order valence-electron chi connectivity index (χ1n) is 6.78. The molecule has 0 saturated heterocycles. The van der Waals surface area contributed by atoms with Crippen LogP contribution in [-0.2, 0) is 6.42 Å². The lowest BCUT2D eigenvalue weighted by Crippen LogP contribution is -2.25. The van der Waals surface area contributed by atoms with Crippen molar-refractivity contribution in [2.75, 3.05) is 6.54 Å². The van der Waals surface area contributed by atoms with Crippen molar-refractivity contribution in [3.8, 4) is 0 Å². The fourth-order valence-corrected chi connectivity index (χ4v) is 2.88. The van der Waals surface area contributed by atoms with Crippen LogP contribution in [0.15, 0.2) is 10.6 Å². The molecule has 1 aromatic heterocycles. The van der Waals surface area contributed by atoms with E-state index in [2.05, 4.69) is 18.8 Å². The van der Waals surface area contributed by atoms with Crippen LogP contribution in [0.25, 0.3) is 0 Å². The Morgan fingerprint density at radius 3 is 3.00 bits per heavy atom. The Labute approximate surface area is 104 Å². The molecule has 1 unspecified atom stereocenters. The summed E-state index contributed by atoms with van der Waals surface area (Å²) in [6.45, 7) is 5.39. The molecule has 1 aliphatic carbocycles. The summed E-state index contributed by atoms with van der Waals surface area (Å²) in [5.41, 5.74) is 5.85. The second-order valence-corrected chi connectivity index (χ2v) is 5.84. The van der Waals surface area contributed by atoms with Crippen molar-refractivity contribution in [2.24, 2.45) is 11.1 Å². The third kappa shape index (κ3) is 2.89. The summed E-state index contributed by atoms with van der Waals surface area (Å²) in [5, 5.41) is 0. The van der Waals surface area contributed by atoms with Gasteiger partial charge in [-0.15, -0.1) is 0 Å². The van der Waals surface area contributed by atoms with E-state index in [1.807, 2.05) is 6.20 Å². The molecule has 17 heavy (non-hydrogen) atoms. The summed E-state index contributed by atoms with van der Waals surface area (Å²) in [6, 6.07) is 0. The maximum atomic E-state index is 5.89. The van der Waals surface area contributed by atoms with E-state index in [0.717, 1.165) is 24.5 Å². The van der Waals surface area contributed by atoms with Crippen LogP contribution in [0.2, 0.25) is 0 Å². The lowest BCUT2D eigenvalue weighted by molar-refractivity contribution is 0.176. The summed E-state index contributed by atoms with van der Waals surface area (Å²) < 4.78 is 5.89. The highest BCUT2D eigenvalue weighted by atomic mass is 16.4. The highest BCUT2D eigenvalue weighted by Crippen LogP contribution is 2.46. The number of oxazole rings is 1. The molecule has 0 aliphatic heterocycles. The Bertz CT molecular complexity index is 357. The molecule has 0 aromatic carbocycles. The summed E-state index contributed by atoms with van der Waals surface area (Å²) in [5.74, 6) is 2.48. The number of hydrogen-bond acceptors (Lipinski definition) is 3. The number of aryl methyl sites for hydroxylation is 1. The SMILES string of the molecule is CC1(C)CCCCC1c1cnc(CCCN)o1. The molecule has 0 spiro atoms. The van der Waals surface area contributed by atoms with E-state index in [1.165, 1.54) is 25.7 Å². The maximum absolute atomic E-state index is 5.89. The van der Waals surface area contributed by atoms with Crippen molar-refractivity contribution >= 4 is 0 Å². The van der Waals surface area contributed by atoms with Gasteiger partial charge in [-0.25, -0.2) is 4.98 Å². The number of nitrogens with zero attached hydrogens (tertiary/aromatic N) is 1. The van der Waals surface area contributed by atoms with Gasteiger partial charge in [-0.1, -0.05) is 26.7 Å². The first-order chi connectivity index (χ1) is 8.13. The second kappa shape index (κ2) is 5.21. The zero-order valence-electron chi connectivity index (χ0n) is 11.0. The van der Waals surface area contributed by atoms with Gasteiger partial charge in [0.05, 0.1) is 6.20 Å². The molecule has 1 fully saturated rings. The lowest BCUT2D eigenvalue weighted by atomic mass is 9.68. The molecule has 1 atom stereocenters. The third-order valence-electron chi connectivity index (χ3n) is 4.02. The van der Waals surface area contributed by atoms with Crippen molar-refractivity contribution in [3.05, 3.63) is 17.8 Å². The van der Waals surface area contributed by atoms with Gasteiger partial charge in [0.15, 0.2) is 5.89 Å². The van der Waals surface area contributed by atoms with Crippen LogP contribution in [0.3, 0.4) is 0 Å². The molecule has 1 saturated carbocycles. The Morgan fingerprint density at radius 2 is 2.29 bits per heavy atom. The quantitative estimate of drug-likeness (QED) is 0.873. The Balaban J connectivity index is 2.07. The monoisotopic (exact) mass is 236 g/mol. The average molecular weight is 236 g/mol. The van der Waals surface area contributed by atoms with Gasteiger partial charge in [0, 0.05) is 12.3 Å². The van der Waals surface area contributed by atoms with Gasteiger partial charge >= 0.3 is 0 Å². The van der Waals surface area contributed by atoms with Gasteiger partial charge in [-0.2, -0.15) is 0 Å². The van der Waals surface area contributed by atoms with Crippen LogP contribution >= 0.6 is 0 Å². The van der Waals surface area contributed by atoms with Gasteiger partial charge in [-0.05, 0) is 31.2 Å². The summed E-state index contributed by atoms with van der Waals surface area (Å²) >= 11 is 0. The molecule has 3 nitrogen and oxygen atoms in total. The molecule has 1 heterocycles. The predicted octanol–water partition coefficient (Wildman–Crippen LogP) is 3.25. The van der Waals surface area contributed by atoms with E-state index >= 15 is 0 Å². The number of nitrogens with two attached hydrogens (primary N) is 1. The van der Waals surface area contributed by atoms with Crippen LogP contribution < -0.4 is 5.73 Å². The van der Waals surface area contributed by atoms with Crippen LogP contribution in [0.5, 0.6) is 0 Å². The third-order valence-corrected chi connectivity index (χ3v) is 4.02. The molecule has 96 valence electrons. The summed E-state index contributed by atoms with van der Waals surface area (Å²) in [4.78, 5) is 4.37. The van der Waals surface area contributed by atoms with Crippen molar-refractivity contribution in [1.82, 2.24) is 4.98 Å². The zero-order valence-corrected chi connectivity index (χ0v) is 11.0. The van der Waals surface area contributed by atoms with E-state index in [9.17, 15) is 0 Å². The van der Waals surface area contributed by atoms with E-state index in [1.54, 1.807) is 0 Å². The van der Waals surface area contributed by atoms with E-state index < -0.39 is 0 Å². The molecule has 1 aromatic rings. The van der Waals surface area contributed by atoms with Gasteiger partial charge in [-0.3, -0.25) is 0 Å². The molecule has 0 bridgehead atoms. The van der Waals surface area contributed by atoms with Gasteiger partial charge < -0.3 is 10.2 Å². The first kappa shape index (κ1) is 12.6.